The molecule has 1 aromatic rings. The van der Waals surface area contributed by atoms with Crippen LogP contribution in [0.3, 0.4) is 0 Å². The minimum absolute atomic E-state index is 0.359. The van der Waals surface area contributed by atoms with Crippen LogP contribution in [-0.2, 0) is 9.53 Å². The molecule has 0 saturated carbocycles. The third-order valence-corrected chi connectivity index (χ3v) is 1.91. The van der Waals surface area contributed by atoms with E-state index in [-0.39, 0.29) is 5.97 Å². The summed E-state index contributed by atoms with van der Waals surface area (Å²) in [5.74, 6) is -0.359. The van der Waals surface area contributed by atoms with Gasteiger partial charge in [-0.25, -0.2) is 4.79 Å². The lowest BCUT2D eigenvalue weighted by molar-refractivity contribution is -0.137. The number of para-hydroxylation sites is 2. The van der Waals surface area contributed by atoms with E-state index in [1.807, 2.05) is 18.2 Å². The normalized spacial score (nSPS) is 11.0. The predicted octanol–water partition coefficient (Wildman–Crippen LogP) is 2.15. The van der Waals surface area contributed by atoms with E-state index >= 15 is 0 Å². The van der Waals surface area contributed by atoms with Crippen molar-refractivity contribution in [1.82, 2.24) is 0 Å². The smallest absolute Gasteiger partial charge is 0.332 e. The third-order valence-electron chi connectivity index (χ3n) is 1.91. The van der Waals surface area contributed by atoms with Gasteiger partial charge in [0.25, 0.3) is 0 Å². The van der Waals surface area contributed by atoms with Crippen molar-refractivity contribution < 1.29 is 9.53 Å². The van der Waals surface area contributed by atoms with E-state index in [2.05, 4.69) is 5.32 Å². The summed E-state index contributed by atoms with van der Waals surface area (Å²) in [5.41, 5.74) is 7.86. The van der Waals surface area contributed by atoms with Crippen LogP contribution in [0.5, 0.6) is 0 Å². The molecule has 0 radical (unpaired) electrons. The van der Waals surface area contributed by atoms with Gasteiger partial charge in [-0.05, 0) is 26.0 Å². The van der Waals surface area contributed by atoms with Gasteiger partial charge in [0.15, 0.2) is 0 Å². The van der Waals surface area contributed by atoms with Crippen LogP contribution in [0.4, 0.5) is 11.4 Å². The number of allylic oxidation sites excluding steroid dienone is 1. The molecule has 0 spiro atoms. The maximum absolute atomic E-state index is 11.2. The Morgan fingerprint density at radius 2 is 2.19 bits per heavy atom. The lowest BCUT2D eigenvalue weighted by atomic mass is 10.2. The molecule has 0 fully saturated rings. The highest BCUT2D eigenvalue weighted by Crippen LogP contribution is 2.18. The number of rotatable bonds is 4. The largest absolute Gasteiger partial charge is 0.463 e. The van der Waals surface area contributed by atoms with Crippen LogP contribution in [0, 0.1) is 0 Å². The first-order chi connectivity index (χ1) is 7.63. The fraction of sp³-hybridized carbons (Fsp3) is 0.250. The number of esters is 1. The standard InChI is InChI=1S/C12H16N2O2/c1-3-16-12(15)8-9(2)14-11-7-5-4-6-10(11)13/h4-8,14H,3,13H2,1-2H3/b9-8-. The van der Waals surface area contributed by atoms with E-state index in [0.717, 1.165) is 5.69 Å². The predicted molar refractivity (Wildman–Crippen MR) is 64.9 cm³/mol. The van der Waals surface area contributed by atoms with E-state index < -0.39 is 0 Å². The number of carbonyl (C=O) groups is 1. The molecule has 0 bridgehead atoms. The van der Waals surface area contributed by atoms with Gasteiger partial charge in [0.05, 0.1) is 18.0 Å². The van der Waals surface area contributed by atoms with Crippen molar-refractivity contribution >= 4 is 17.3 Å². The maximum atomic E-state index is 11.2. The van der Waals surface area contributed by atoms with Gasteiger partial charge in [0.1, 0.15) is 0 Å². The van der Waals surface area contributed by atoms with Crippen molar-refractivity contribution in [2.24, 2.45) is 0 Å². The zero-order valence-corrected chi connectivity index (χ0v) is 9.49. The van der Waals surface area contributed by atoms with E-state index in [9.17, 15) is 4.79 Å². The van der Waals surface area contributed by atoms with Crippen LogP contribution in [-0.4, -0.2) is 12.6 Å². The Balaban J connectivity index is 2.67. The van der Waals surface area contributed by atoms with Gasteiger partial charge in [-0.2, -0.15) is 0 Å². The van der Waals surface area contributed by atoms with Gasteiger partial charge in [-0.3, -0.25) is 0 Å². The molecule has 0 aliphatic heterocycles. The second-order valence-corrected chi connectivity index (χ2v) is 3.29. The van der Waals surface area contributed by atoms with Gasteiger partial charge in [-0.1, -0.05) is 12.1 Å². The lowest BCUT2D eigenvalue weighted by Crippen LogP contribution is -2.05. The summed E-state index contributed by atoms with van der Waals surface area (Å²) in [5, 5.41) is 3.03. The number of nitrogen functional groups attached to an aromatic ring is 1. The molecule has 4 nitrogen and oxygen atoms in total. The monoisotopic (exact) mass is 220 g/mol. The molecule has 0 aromatic heterocycles. The number of nitrogens with two attached hydrogens (primary N) is 1. The molecular formula is C12H16N2O2. The number of carbonyl (C=O) groups excluding carboxylic acids is 1. The fourth-order valence-electron chi connectivity index (χ4n) is 1.22. The summed E-state index contributed by atoms with van der Waals surface area (Å²) in [6.07, 6.45) is 1.40. The van der Waals surface area contributed by atoms with E-state index in [1.54, 1.807) is 19.9 Å². The van der Waals surface area contributed by atoms with Crippen LogP contribution in [0.15, 0.2) is 36.0 Å². The molecule has 0 atom stereocenters. The Hall–Kier alpha value is -1.97. The highest BCUT2D eigenvalue weighted by atomic mass is 16.5. The summed E-state index contributed by atoms with van der Waals surface area (Å²) in [6, 6.07) is 7.36. The molecular weight excluding hydrogens is 204 g/mol. The molecule has 86 valence electrons. The van der Waals surface area contributed by atoms with Gasteiger partial charge in [0, 0.05) is 11.8 Å². The molecule has 0 unspecified atom stereocenters. The van der Waals surface area contributed by atoms with Gasteiger partial charge >= 0.3 is 5.97 Å². The maximum Gasteiger partial charge on any atom is 0.332 e. The second-order valence-electron chi connectivity index (χ2n) is 3.29. The van der Waals surface area contributed by atoms with Crippen molar-refractivity contribution in [3.63, 3.8) is 0 Å². The van der Waals surface area contributed by atoms with Crippen molar-refractivity contribution in [1.29, 1.82) is 0 Å². The molecule has 0 aliphatic rings. The first kappa shape index (κ1) is 12.1. The van der Waals surface area contributed by atoms with Crippen molar-refractivity contribution in [3.05, 3.63) is 36.0 Å². The molecule has 4 heteroatoms. The number of benzene rings is 1. The molecule has 16 heavy (non-hydrogen) atoms. The first-order valence-electron chi connectivity index (χ1n) is 5.10. The number of hydrogen-bond donors (Lipinski definition) is 2. The van der Waals surface area contributed by atoms with Gasteiger partial charge in [0.2, 0.25) is 0 Å². The highest BCUT2D eigenvalue weighted by Gasteiger charge is 2.00. The van der Waals surface area contributed by atoms with Crippen LogP contribution in [0.1, 0.15) is 13.8 Å². The summed E-state index contributed by atoms with van der Waals surface area (Å²) in [4.78, 5) is 11.2. The average Bonchev–Trinajstić information content (AvgIpc) is 2.21. The quantitative estimate of drug-likeness (QED) is 0.463. The minimum atomic E-state index is -0.359. The number of nitrogens with one attached hydrogen (secondary N) is 1. The number of ether oxygens (including phenoxy) is 1. The van der Waals surface area contributed by atoms with Crippen LogP contribution < -0.4 is 11.1 Å². The Bertz CT molecular complexity index is 400. The van der Waals surface area contributed by atoms with E-state index in [4.69, 9.17) is 10.5 Å². The molecule has 0 aliphatic carbocycles. The Morgan fingerprint density at radius 1 is 1.50 bits per heavy atom. The lowest BCUT2D eigenvalue weighted by Gasteiger charge is -2.08. The van der Waals surface area contributed by atoms with Crippen LogP contribution >= 0.6 is 0 Å². The minimum Gasteiger partial charge on any atom is -0.463 e. The molecule has 1 rings (SSSR count). The zero-order valence-electron chi connectivity index (χ0n) is 9.49. The Kier molecular flexibility index (Phi) is 4.39. The summed E-state index contributed by atoms with van der Waals surface area (Å²) in [7, 11) is 0. The van der Waals surface area contributed by atoms with Gasteiger partial charge < -0.3 is 15.8 Å². The van der Waals surface area contributed by atoms with Crippen molar-refractivity contribution in [2.45, 2.75) is 13.8 Å². The number of hydrogen-bond acceptors (Lipinski definition) is 4. The van der Waals surface area contributed by atoms with Crippen LogP contribution in [0.2, 0.25) is 0 Å². The Labute approximate surface area is 95.1 Å². The highest BCUT2D eigenvalue weighted by molar-refractivity contribution is 5.83. The topological polar surface area (TPSA) is 64.3 Å². The number of anilines is 2. The molecule has 3 N–H and O–H groups in total. The fourth-order valence-corrected chi connectivity index (χ4v) is 1.22. The second kappa shape index (κ2) is 5.80. The van der Waals surface area contributed by atoms with E-state index in [0.29, 0.717) is 18.0 Å². The summed E-state index contributed by atoms with van der Waals surface area (Å²) >= 11 is 0. The zero-order chi connectivity index (χ0) is 12.0. The van der Waals surface area contributed by atoms with E-state index in [1.165, 1.54) is 6.08 Å². The average molecular weight is 220 g/mol. The van der Waals surface area contributed by atoms with Crippen molar-refractivity contribution in [3.8, 4) is 0 Å². The van der Waals surface area contributed by atoms with Crippen LogP contribution in [0.25, 0.3) is 0 Å². The van der Waals surface area contributed by atoms with Gasteiger partial charge in [-0.15, -0.1) is 0 Å². The molecule has 1 aromatic carbocycles. The first-order valence-corrected chi connectivity index (χ1v) is 5.10. The Morgan fingerprint density at radius 3 is 2.81 bits per heavy atom. The summed E-state index contributed by atoms with van der Waals surface area (Å²) < 4.78 is 4.79. The molecule has 0 saturated heterocycles. The molecule has 0 amide bonds. The summed E-state index contributed by atoms with van der Waals surface area (Å²) in [6.45, 7) is 3.92. The molecule has 0 heterocycles. The third kappa shape index (κ3) is 3.65. The SMILES string of the molecule is CCOC(=O)/C=C(/C)Nc1ccccc1N. The van der Waals surface area contributed by atoms with Crippen molar-refractivity contribution in [2.75, 3.05) is 17.7 Å².